The van der Waals surface area contributed by atoms with Gasteiger partial charge in [-0.3, -0.25) is 19.3 Å². The number of hydrogen-bond acceptors (Lipinski definition) is 4. The lowest BCUT2D eigenvalue weighted by molar-refractivity contribution is -0.136. The fourth-order valence-corrected chi connectivity index (χ4v) is 2.90. The summed E-state index contributed by atoms with van der Waals surface area (Å²) in [6.45, 7) is 3.32. The first-order valence-corrected chi connectivity index (χ1v) is 8.66. The lowest BCUT2D eigenvalue weighted by Gasteiger charge is -2.24. The van der Waals surface area contributed by atoms with Crippen molar-refractivity contribution in [1.29, 1.82) is 0 Å². The van der Waals surface area contributed by atoms with E-state index in [4.69, 9.17) is 16.3 Å². The highest BCUT2D eigenvalue weighted by atomic mass is 35.5. The van der Waals surface area contributed by atoms with Crippen molar-refractivity contribution in [2.45, 2.75) is 20.0 Å². The lowest BCUT2D eigenvalue weighted by atomic mass is 10.1. The first kappa shape index (κ1) is 18.1. The second-order valence-corrected chi connectivity index (χ2v) is 6.87. The zero-order chi connectivity index (χ0) is 18.8. The molecule has 26 heavy (non-hydrogen) atoms. The smallest absolute Gasteiger partial charge is 0.271 e. The molecule has 0 fully saturated rings. The maximum Gasteiger partial charge on any atom is 0.271 e. The van der Waals surface area contributed by atoms with E-state index in [9.17, 15) is 14.4 Å². The van der Waals surface area contributed by atoms with Crippen LogP contribution in [0.5, 0.6) is 5.75 Å². The van der Waals surface area contributed by atoms with Gasteiger partial charge in [-0.1, -0.05) is 37.6 Å². The molecular formula is C20H18ClNO4. The normalized spacial score (nSPS) is 16.9. The third-order valence-corrected chi connectivity index (χ3v) is 4.45. The molecule has 0 saturated heterocycles. The van der Waals surface area contributed by atoms with Gasteiger partial charge < -0.3 is 4.74 Å². The summed E-state index contributed by atoms with van der Waals surface area (Å²) in [6.07, 6.45) is -0.833. The Morgan fingerprint density at radius 1 is 1.12 bits per heavy atom. The van der Waals surface area contributed by atoms with Crippen LogP contribution in [0, 0.1) is 5.92 Å². The highest BCUT2D eigenvalue weighted by Crippen LogP contribution is 2.28. The van der Waals surface area contributed by atoms with E-state index in [1.165, 1.54) is 0 Å². The molecule has 0 bridgehead atoms. The molecule has 0 aromatic heterocycles. The van der Waals surface area contributed by atoms with E-state index >= 15 is 0 Å². The van der Waals surface area contributed by atoms with Crippen molar-refractivity contribution in [2.75, 3.05) is 6.54 Å². The Morgan fingerprint density at radius 3 is 2.42 bits per heavy atom. The second-order valence-electron chi connectivity index (χ2n) is 6.44. The summed E-state index contributed by atoms with van der Waals surface area (Å²) in [6, 6.07) is 13.0. The largest absolute Gasteiger partial charge is 0.479 e. The van der Waals surface area contributed by atoms with Gasteiger partial charge in [0.15, 0.2) is 11.9 Å². The van der Waals surface area contributed by atoms with Crippen LogP contribution in [-0.2, 0) is 4.79 Å². The molecule has 2 aromatic rings. The van der Waals surface area contributed by atoms with Crippen LogP contribution in [0.25, 0.3) is 0 Å². The third kappa shape index (κ3) is 3.48. The van der Waals surface area contributed by atoms with E-state index in [1.807, 2.05) is 13.8 Å². The number of carbonyl (C=O) groups excluding carboxylic acids is 3. The summed E-state index contributed by atoms with van der Waals surface area (Å²) in [5.41, 5.74) is 0.655. The van der Waals surface area contributed by atoms with E-state index in [-0.39, 0.29) is 23.8 Å². The molecule has 0 saturated carbocycles. The molecule has 6 heteroatoms. The number of Topliss-reactive ketones (excluding diaryl/α,β-unsaturated/α-hetero) is 1. The van der Waals surface area contributed by atoms with Gasteiger partial charge in [-0.2, -0.15) is 0 Å². The number of halogens is 1. The minimum atomic E-state index is -0.833. The molecule has 2 aromatic carbocycles. The van der Waals surface area contributed by atoms with Crippen LogP contribution in [0.3, 0.4) is 0 Å². The minimum Gasteiger partial charge on any atom is -0.479 e. The van der Waals surface area contributed by atoms with Gasteiger partial charge in [0.1, 0.15) is 5.75 Å². The molecule has 1 atom stereocenters. The third-order valence-electron chi connectivity index (χ3n) is 4.20. The van der Waals surface area contributed by atoms with Crippen molar-refractivity contribution < 1.29 is 19.1 Å². The Balaban J connectivity index is 1.95. The van der Waals surface area contributed by atoms with Crippen LogP contribution in [-0.4, -0.2) is 35.1 Å². The monoisotopic (exact) mass is 371 g/mol. The Hall–Kier alpha value is -2.66. The first-order chi connectivity index (χ1) is 12.4. The van der Waals surface area contributed by atoms with Gasteiger partial charge in [0.2, 0.25) is 0 Å². The molecule has 134 valence electrons. The number of amides is 2. The number of rotatable bonds is 4. The maximum atomic E-state index is 12.9. The van der Waals surface area contributed by atoms with Crippen molar-refractivity contribution in [1.82, 2.24) is 4.90 Å². The van der Waals surface area contributed by atoms with Gasteiger partial charge in [-0.25, -0.2) is 0 Å². The van der Waals surface area contributed by atoms with Gasteiger partial charge in [0.25, 0.3) is 11.8 Å². The number of ketones is 1. The average Bonchev–Trinajstić information content (AvgIpc) is 2.72. The van der Waals surface area contributed by atoms with Gasteiger partial charge >= 0.3 is 0 Å². The number of ether oxygens (including phenoxy) is 1. The summed E-state index contributed by atoms with van der Waals surface area (Å²) in [5.74, 6) is -1.19. The summed E-state index contributed by atoms with van der Waals surface area (Å²) in [4.78, 5) is 39.3. The number of benzene rings is 2. The van der Waals surface area contributed by atoms with Gasteiger partial charge in [-0.15, -0.1) is 0 Å². The van der Waals surface area contributed by atoms with Crippen LogP contribution in [0.1, 0.15) is 34.6 Å². The molecule has 0 aliphatic carbocycles. The zero-order valence-corrected chi connectivity index (χ0v) is 15.2. The zero-order valence-electron chi connectivity index (χ0n) is 14.4. The summed E-state index contributed by atoms with van der Waals surface area (Å²) in [7, 11) is 0. The number of hydrogen-bond donors (Lipinski definition) is 0. The molecule has 1 unspecified atom stereocenters. The first-order valence-electron chi connectivity index (χ1n) is 8.28. The molecule has 0 N–H and O–H groups in total. The van der Waals surface area contributed by atoms with E-state index in [1.54, 1.807) is 48.5 Å². The average molecular weight is 372 g/mol. The van der Waals surface area contributed by atoms with Crippen molar-refractivity contribution >= 4 is 29.2 Å². The SMILES string of the molecule is CC(C)C1Oc2ccccc2C(=O)N(CC(=O)c2ccc(Cl)cc2)C1=O. The number of para-hydroxylation sites is 1. The van der Waals surface area contributed by atoms with Gasteiger partial charge in [0.05, 0.1) is 12.1 Å². The standard InChI is InChI=1S/C20H18ClNO4/c1-12(2)18-20(25)22(11-16(23)13-7-9-14(21)10-8-13)19(24)15-5-3-4-6-17(15)26-18/h3-10,12,18H,11H2,1-2H3. The van der Waals surface area contributed by atoms with Crippen molar-refractivity contribution in [3.05, 3.63) is 64.7 Å². The quantitative estimate of drug-likeness (QED) is 0.608. The minimum absolute atomic E-state index is 0.158. The van der Waals surface area contributed by atoms with E-state index < -0.39 is 17.9 Å². The molecule has 3 rings (SSSR count). The Labute approximate surface area is 156 Å². The van der Waals surface area contributed by atoms with Crippen LogP contribution in [0.2, 0.25) is 5.02 Å². The fourth-order valence-electron chi connectivity index (χ4n) is 2.77. The van der Waals surface area contributed by atoms with Gasteiger partial charge in [0, 0.05) is 10.6 Å². The topological polar surface area (TPSA) is 63.7 Å². The molecule has 1 heterocycles. The molecule has 1 aliphatic heterocycles. The molecule has 0 radical (unpaired) electrons. The lowest BCUT2D eigenvalue weighted by Crippen LogP contribution is -2.47. The number of imide groups is 1. The predicted molar refractivity (Wildman–Crippen MR) is 97.5 cm³/mol. The highest BCUT2D eigenvalue weighted by molar-refractivity contribution is 6.30. The van der Waals surface area contributed by atoms with Crippen LogP contribution in [0.15, 0.2) is 48.5 Å². The van der Waals surface area contributed by atoms with Crippen molar-refractivity contribution in [3.8, 4) is 5.75 Å². The van der Waals surface area contributed by atoms with Crippen LogP contribution in [0.4, 0.5) is 0 Å². The Bertz CT molecular complexity index is 860. The molecule has 5 nitrogen and oxygen atoms in total. The Morgan fingerprint density at radius 2 is 1.77 bits per heavy atom. The number of fused-ring (bicyclic) bond motifs is 1. The summed E-state index contributed by atoms with van der Waals surface area (Å²) >= 11 is 5.84. The number of carbonyl (C=O) groups is 3. The van der Waals surface area contributed by atoms with E-state index in [2.05, 4.69) is 0 Å². The highest BCUT2D eigenvalue weighted by Gasteiger charge is 2.38. The predicted octanol–water partition coefficient (Wildman–Crippen LogP) is 3.61. The Kier molecular flexibility index (Phi) is 5.09. The van der Waals surface area contributed by atoms with Crippen LogP contribution >= 0.6 is 11.6 Å². The second kappa shape index (κ2) is 7.30. The molecular weight excluding hydrogens is 354 g/mol. The van der Waals surface area contributed by atoms with E-state index in [0.29, 0.717) is 16.3 Å². The van der Waals surface area contributed by atoms with Gasteiger partial charge in [-0.05, 0) is 42.3 Å². The molecule has 0 spiro atoms. The van der Waals surface area contributed by atoms with Crippen molar-refractivity contribution in [3.63, 3.8) is 0 Å². The molecule has 2 amide bonds. The summed E-state index contributed by atoms with van der Waals surface area (Å²) < 4.78 is 5.79. The molecule has 1 aliphatic rings. The fraction of sp³-hybridized carbons (Fsp3) is 0.250. The van der Waals surface area contributed by atoms with E-state index in [0.717, 1.165) is 4.90 Å². The number of nitrogens with zero attached hydrogens (tertiary/aromatic N) is 1. The summed E-state index contributed by atoms with van der Waals surface area (Å²) in [5, 5.41) is 0.505. The van der Waals surface area contributed by atoms with Crippen molar-refractivity contribution in [2.24, 2.45) is 5.92 Å². The maximum absolute atomic E-state index is 12.9. The van der Waals surface area contributed by atoms with Crippen LogP contribution < -0.4 is 4.74 Å².